The molecule has 0 atom stereocenters. The van der Waals surface area contributed by atoms with E-state index in [-0.39, 0.29) is 17.7 Å². The van der Waals surface area contributed by atoms with Gasteiger partial charge in [0.15, 0.2) is 11.6 Å². The standard InChI is InChI=1S/C18H26BrFN2O3/c1-18(2,3)25-17(23)22-11-9-21(10-12-22)8-5-13-24-16-14(19)6-4-7-15(16)20/h4,6-7H,5,8-13H2,1-3H3. The second kappa shape index (κ2) is 8.85. The minimum atomic E-state index is -0.466. The van der Waals surface area contributed by atoms with Gasteiger partial charge in [-0.15, -0.1) is 0 Å². The molecular weight excluding hydrogens is 391 g/mol. The number of hydrogen-bond donors (Lipinski definition) is 0. The lowest BCUT2D eigenvalue weighted by molar-refractivity contribution is 0.0142. The highest BCUT2D eigenvalue weighted by Crippen LogP contribution is 2.27. The van der Waals surface area contributed by atoms with Gasteiger partial charge in [0, 0.05) is 32.7 Å². The lowest BCUT2D eigenvalue weighted by Crippen LogP contribution is -2.50. The second-order valence-corrected chi connectivity index (χ2v) is 7.92. The monoisotopic (exact) mass is 416 g/mol. The van der Waals surface area contributed by atoms with Crippen LogP contribution >= 0.6 is 15.9 Å². The van der Waals surface area contributed by atoms with Gasteiger partial charge in [-0.2, -0.15) is 0 Å². The third-order valence-electron chi connectivity index (χ3n) is 3.81. The fourth-order valence-corrected chi connectivity index (χ4v) is 3.02. The van der Waals surface area contributed by atoms with Crippen LogP contribution in [0.3, 0.4) is 0 Å². The number of carbonyl (C=O) groups is 1. The van der Waals surface area contributed by atoms with Crippen LogP contribution in [0.5, 0.6) is 5.75 Å². The highest BCUT2D eigenvalue weighted by atomic mass is 79.9. The van der Waals surface area contributed by atoms with E-state index >= 15 is 0 Å². The number of hydrogen-bond acceptors (Lipinski definition) is 4. The van der Waals surface area contributed by atoms with Crippen LogP contribution in [0.4, 0.5) is 9.18 Å². The van der Waals surface area contributed by atoms with Gasteiger partial charge < -0.3 is 14.4 Å². The number of piperazine rings is 1. The SMILES string of the molecule is CC(C)(C)OC(=O)N1CCN(CCCOc2c(F)cccc2Br)CC1. The van der Waals surface area contributed by atoms with E-state index in [1.807, 2.05) is 20.8 Å². The number of amides is 1. The first-order chi connectivity index (χ1) is 11.8. The van der Waals surface area contributed by atoms with Gasteiger partial charge in [0.25, 0.3) is 0 Å². The third-order valence-corrected chi connectivity index (χ3v) is 4.43. The summed E-state index contributed by atoms with van der Waals surface area (Å²) in [6.45, 7) is 9.85. The number of benzene rings is 1. The Morgan fingerprint density at radius 1 is 1.24 bits per heavy atom. The largest absolute Gasteiger partial charge is 0.489 e. The Morgan fingerprint density at radius 3 is 2.52 bits per heavy atom. The summed E-state index contributed by atoms with van der Waals surface area (Å²) in [5.41, 5.74) is -0.466. The molecule has 2 rings (SSSR count). The molecule has 1 amide bonds. The highest BCUT2D eigenvalue weighted by molar-refractivity contribution is 9.10. The van der Waals surface area contributed by atoms with Crippen LogP contribution < -0.4 is 4.74 Å². The van der Waals surface area contributed by atoms with Crippen molar-refractivity contribution in [2.24, 2.45) is 0 Å². The summed E-state index contributed by atoms with van der Waals surface area (Å²) in [4.78, 5) is 16.0. The van der Waals surface area contributed by atoms with Crippen LogP contribution in [-0.2, 0) is 4.74 Å². The molecule has 1 aromatic rings. The fourth-order valence-electron chi connectivity index (χ4n) is 2.56. The predicted molar refractivity (Wildman–Crippen MR) is 98.5 cm³/mol. The summed E-state index contributed by atoms with van der Waals surface area (Å²) in [5.74, 6) is -0.0994. The van der Waals surface area contributed by atoms with Crippen molar-refractivity contribution < 1.29 is 18.7 Å². The lowest BCUT2D eigenvalue weighted by atomic mass is 10.2. The minimum Gasteiger partial charge on any atom is -0.489 e. The first kappa shape index (κ1) is 20.0. The van der Waals surface area contributed by atoms with Gasteiger partial charge in [0.2, 0.25) is 0 Å². The summed E-state index contributed by atoms with van der Waals surface area (Å²) in [6, 6.07) is 4.78. The van der Waals surface area contributed by atoms with Crippen molar-refractivity contribution in [1.29, 1.82) is 0 Å². The summed E-state index contributed by atoms with van der Waals surface area (Å²) in [6.07, 6.45) is 0.549. The van der Waals surface area contributed by atoms with Crippen molar-refractivity contribution in [1.82, 2.24) is 9.80 Å². The van der Waals surface area contributed by atoms with Crippen molar-refractivity contribution in [2.45, 2.75) is 32.8 Å². The average molecular weight is 417 g/mol. The van der Waals surface area contributed by atoms with Crippen LogP contribution in [0, 0.1) is 5.82 Å². The molecule has 1 fully saturated rings. The maximum Gasteiger partial charge on any atom is 0.410 e. The number of nitrogens with zero attached hydrogens (tertiary/aromatic N) is 2. The topological polar surface area (TPSA) is 42.0 Å². The van der Waals surface area contributed by atoms with Crippen LogP contribution in [0.15, 0.2) is 22.7 Å². The zero-order valence-corrected chi connectivity index (χ0v) is 16.6. The van der Waals surface area contributed by atoms with E-state index in [9.17, 15) is 9.18 Å². The molecule has 1 aliphatic heterocycles. The van der Waals surface area contributed by atoms with Gasteiger partial charge in [0.05, 0.1) is 11.1 Å². The number of para-hydroxylation sites is 1. The summed E-state index contributed by atoms with van der Waals surface area (Å²) in [7, 11) is 0. The van der Waals surface area contributed by atoms with Gasteiger partial charge >= 0.3 is 6.09 Å². The maximum atomic E-state index is 13.7. The second-order valence-electron chi connectivity index (χ2n) is 7.06. The minimum absolute atomic E-state index is 0.250. The Labute approximate surface area is 157 Å². The van der Waals surface area contributed by atoms with Crippen molar-refractivity contribution in [3.63, 3.8) is 0 Å². The molecule has 7 heteroatoms. The third kappa shape index (κ3) is 6.47. The Bertz CT molecular complexity index is 564. The quantitative estimate of drug-likeness (QED) is 0.682. The Morgan fingerprint density at radius 2 is 1.92 bits per heavy atom. The van der Waals surface area contributed by atoms with E-state index < -0.39 is 5.60 Å². The van der Waals surface area contributed by atoms with Crippen LogP contribution in [0.25, 0.3) is 0 Å². The fraction of sp³-hybridized carbons (Fsp3) is 0.611. The van der Waals surface area contributed by atoms with Gasteiger partial charge in [-0.1, -0.05) is 6.07 Å². The average Bonchev–Trinajstić information content (AvgIpc) is 2.52. The zero-order valence-electron chi connectivity index (χ0n) is 15.1. The molecule has 0 aliphatic carbocycles. The van der Waals surface area contributed by atoms with E-state index in [4.69, 9.17) is 9.47 Å². The Kier molecular flexibility index (Phi) is 7.07. The molecule has 0 spiro atoms. The molecule has 140 valence electrons. The molecular formula is C18H26BrFN2O3. The van der Waals surface area contributed by atoms with Gasteiger partial charge in [-0.3, -0.25) is 4.90 Å². The first-order valence-corrected chi connectivity index (χ1v) is 9.32. The van der Waals surface area contributed by atoms with Crippen LogP contribution in [0.2, 0.25) is 0 Å². The number of carbonyl (C=O) groups excluding carboxylic acids is 1. The molecule has 1 heterocycles. The molecule has 0 N–H and O–H groups in total. The summed E-state index contributed by atoms with van der Waals surface area (Å²) >= 11 is 3.29. The van der Waals surface area contributed by atoms with E-state index in [2.05, 4.69) is 20.8 Å². The van der Waals surface area contributed by atoms with E-state index in [1.165, 1.54) is 6.07 Å². The molecule has 25 heavy (non-hydrogen) atoms. The van der Waals surface area contributed by atoms with E-state index in [0.29, 0.717) is 24.2 Å². The predicted octanol–water partition coefficient (Wildman–Crippen LogP) is 3.91. The van der Waals surface area contributed by atoms with Crippen molar-refractivity contribution in [3.05, 3.63) is 28.5 Å². The highest BCUT2D eigenvalue weighted by Gasteiger charge is 2.25. The van der Waals surface area contributed by atoms with E-state index in [0.717, 1.165) is 26.1 Å². The molecule has 1 aliphatic rings. The Hall–Kier alpha value is -1.34. The number of rotatable bonds is 5. The van der Waals surface area contributed by atoms with Crippen molar-refractivity contribution in [3.8, 4) is 5.75 Å². The molecule has 0 radical (unpaired) electrons. The molecule has 0 saturated carbocycles. The van der Waals surface area contributed by atoms with Gasteiger partial charge in [0.1, 0.15) is 5.60 Å². The van der Waals surface area contributed by atoms with Crippen molar-refractivity contribution in [2.75, 3.05) is 39.3 Å². The number of ether oxygens (including phenoxy) is 2. The van der Waals surface area contributed by atoms with Gasteiger partial charge in [-0.05, 0) is 55.3 Å². The van der Waals surface area contributed by atoms with Crippen molar-refractivity contribution >= 4 is 22.0 Å². The summed E-state index contributed by atoms with van der Waals surface area (Å²) in [5, 5.41) is 0. The van der Waals surface area contributed by atoms with Gasteiger partial charge in [-0.25, -0.2) is 9.18 Å². The summed E-state index contributed by atoms with van der Waals surface area (Å²) < 4.78 is 25.2. The maximum absolute atomic E-state index is 13.7. The molecule has 1 saturated heterocycles. The molecule has 5 nitrogen and oxygen atoms in total. The molecule has 0 aromatic heterocycles. The lowest BCUT2D eigenvalue weighted by Gasteiger charge is -2.35. The number of halogens is 2. The van der Waals surface area contributed by atoms with Crippen LogP contribution in [-0.4, -0.2) is 60.8 Å². The van der Waals surface area contributed by atoms with E-state index in [1.54, 1.807) is 17.0 Å². The molecule has 0 unspecified atom stereocenters. The Balaban J connectivity index is 1.66. The molecule has 0 bridgehead atoms. The van der Waals surface area contributed by atoms with Crippen LogP contribution in [0.1, 0.15) is 27.2 Å². The first-order valence-electron chi connectivity index (χ1n) is 8.53. The molecule has 1 aromatic carbocycles. The smallest absolute Gasteiger partial charge is 0.410 e. The zero-order chi connectivity index (χ0) is 18.4. The normalized spacial score (nSPS) is 16.0.